The summed E-state index contributed by atoms with van der Waals surface area (Å²) in [6.45, 7) is 4.09. The summed E-state index contributed by atoms with van der Waals surface area (Å²) in [4.78, 5) is 16.2. The highest BCUT2D eigenvalue weighted by molar-refractivity contribution is 9.10. The van der Waals surface area contributed by atoms with Crippen molar-refractivity contribution in [1.82, 2.24) is 9.80 Å². The van der Waals surface area contributed by atoms with E-state index in [4.69, 9.17) is 0 Å². The van der Waals surface area contributed by atoms with Crippen LogP contribution in [0.5, 0.6) is 0 Å². The van der Waals surface area contributed by atoms with Crippen molar-refractivity contribution in [3.8, 4) is 0 Å². The second kappa shape index (κ2) is 9.57. The summed E-state index contributed by atoms with van der Waals surface area (Å²) in [5, 5.41) is 2.89. The number of nitrogens with zero attached hydrogens (tertiary/aromatic N) is 2. The fourth-order valence-electron chi connectivity index (χ4n) is 2.68. The van der Waals surface area contributed by atoms with Crippen LogP contribution >= 0.6 is 15.9 Å². The predicted molar refractivity (Wildman–Crippen MR) is 97.4 cm³/mol. The van der Waals surface area contributed by atoms with Crippen LogP contribution < -0.4 is 5.32 Å². The molecule has 0 radical (unpaired) electrons. The number of carbonyl (C=O) groups excluding carboxylic acids is 1. The average Bonchev–Trinajstić information content (AvgIpc) is 2.57. The molecule has 1 aromatic carbocycles. The molecule has 9 heteroatoms. The second-order valence-corrected chi connectivity index (χ2v) is 7.10. The van der Waals surface area contributed by atoms with Crippen LogP contribution in [0.4, 0.5) is 23.7 Å². The number of piperazine rings is 1. The lowest BCUT2D eigenvalue weighted by atomic mass is 10.2. The van der Waals surface area contributed by atoms with Crippen molar-refractivity contribution in [3.05, 3.63) is 28.2 Å². The summed E-state index contributed by atoms with van der Waals surface area (Å²) in [5.74, 6) is 0. The molecule has 0 bridgehead atoms. The van der Waals surface area contributed by atoms with Gasteiger partial charge in [-0.2, -0.15) is 13.2 Å². The van der Waals surface area contributed by atoms with Gasteiger partial charge in [0, 0.05) is 49.5 Å². The summed E-state index contributed by atoms with van der Waals surface area (Å²) in [5.41, 5.74) is 1.79. The Balaban J connectivity index is 1.66. The SMILES string of the molecule is Cc1cc(NC(=O)N2CCN(CCCOCC(F)(F)F)CC2)ccc1Br. The third-order valence-electron chi connectivity index (χ3n) is 4.10. The zero-order chi connectivity index (χ0) is 19.2. The molecule has 1 aliphatic heterocycles. The average molecular weight is 438 g/mol. The summed E-state index contributed by atoms with van der Waals surface area (Å²) in [7, 11) is 0. The molecule has 0 unspecified atom stereocenters. The number of aryl methyl sites for hydroxylation is 1. The van der Waals surface area contributed by atoms with Crippen LogP contribution in [0.3, 0.4) is 0 Å². The molecule has 2 rings (SSSR count). The first-order chi connectivity index (χ1) is 12.2. The van der Waals surface area contributed by atoms with E-state index in [1.54, 1.807) is 4.90 Å². The first kappa shape index (κ1) is 21.0. The van der Waals surface area contributed by atoms with E-state index in [1.165, 1.54) is 0 Å². The number of nitrogens with one attached hydrogen (secondary N) is 1. The summed E-state index contributed by atoms with van der Waals surface area (Å²) in [6.07, 6.45) is -3.73. The Hall–Kier alpha value is -1.32. The molecule has 1 fully saturated rings. The van der Waals surface area contributed by atoms with Gasteiger partial charge in [0.1, 0.15) is 6.61 Å². The molecule has 26 heavy (non-hydrogen) atoms. The molecule has 1 N–H and O–H groups in total. The van der Waals surface area contributed by atoms with Gasteiger partial charge in [0.05, 0.1) is 0 Å². The standard InChI is InChI=1S/C17H23BrF3N3O2/c1-13-11-14(3-4-15(13)18)22-16(25)24-8-6-23(7-9-24)5-2-10-26-12-17(19,20)21/h3-4,11H,2,5-10,12H2,1H3,(H,22,25). The number of hydrogen-bond donors (Lipinski definition) is 1. The number of carbonyl (C=O) groups is 1. The van der Waals surface area contributed by atoms with Crippen LogP contribution in [0.25, 0.3) is 0 Å². The zero-order valence-corrected chi connectivity index (χ0v) is 16.2. The molecule has 1 aliphatic rings. The van der Waals surface area contributed by atoms with E-state index in [9.17, 15) is 18.0 Å². The van der Waals surface area contributed by atoms with Crippen molar-refractivity contribution in [2.45, 2.75) is 19.5 Å². The van der Waals surface area contributed by atoms with E-state index >= 15 is 0 Å². The lowest BCUT2D eigenvalue weighted by molar-refractivity contribution is -0.174. The van der Waals surface area contributed by atoms with Gasteiger partial charge in [0.15, 0.2) is 0 Å². The van der Waals surface area contributed by atoms with E-state index in [0.717, 1.165) is 15.7 Å². The number of ether oxygens (including phenoxy) is 1. The van der Waals surface area contributed by atoms with Gasteiger partial charge in [-0.15, -0.1) is 0 Å². The molecule has 0 saturated carbocycles. The molecule has 1 saturated heterocycles. The Morgan fingerprint density at radius 1 is 1.27 bits per heavy atom. The number of benzene rings is 1. The minimum Gasteiger partial charge on any atom is -0.372 e. The van der Waals surface area contributed by atoms with Crippen molar-refractivity contribution >= 4 is 27.6 Å². The van der Waals surface area contributed by atoms with Gasteiger partial charge in [-0.1, -0.05) is 15.9 Å². The van der Waals surface area contributed by atoms with Gasteiger partial charge in [0.25, 0.3) is 0 Å². The Kier molecular flexibility index (Phi) is 7.72. The number of hydrogen-bond acceptors (Lipinski definition) is 3. The Morgan fingerprint density at radius 3 is 2.58 bits per heavy atom. The predicted octanol–water partition coefficient (Wildman–Crippen LogP) is 3.88. The van der Waals surface area contributed by atoms with Gasteiger partial charge >= 0.3 is 12.2 Å². The number of urea groups is 1. The van der Waals surface area contributed by atoms with E-state index in [-0.39, 0.29) is 12.6 Å². The first-order valence-corrected chi connectivity index (χ1v) is 9.23. The Morgan fingerprint density at radius 2 is 1.96 bits per heavy atom. The summed E-state index contributed by atoms with van der Waals surface area (Å²) in [6, 6.07) is 5.50. The van der Waals surface area contributed by atoms with Crippen LogP contribution in [0.1, 0.15) is 12.0 Å². The molecule has 0 spiro atoms. The van der Waals surface area contributed by atoms with Crippen LogP contribution in [0, 0.1) is 6.92 Å². The lowest BCUT2D eigenvalue weighted by Gasteiger charge is -2.34. The molecule has 0 atom stereocenters. The first-order valence-electron chi connectivity index (χ1n) is 8.43. The summed E-state index contributed by atoms with van der Waals surface area (Å²) < 4.78 is 41.5. The maximum Gasteiger partial charge on any atom is 0.411 e. The maximum absolute atomic E-state index is 12.3. The number of halogens is 4. The van der Waals surface area contributed by atoms with E-state index in [0.29, 0.717) is 39.1 Å². The van der Waals surface area contributed by atoms with Crippen molar-refractivity contribution in [2.75, 3.05) is 51.3 Å². The maximum atomic E-state index is 12.3. The fraction of sp³-hybridized carbons (Fsp3) is 0.588. The highest BCUT2D eigenvalue weighted by Gasteiger charge is 2.27. The topological polar surface area (TPSA) is 44.8 Å². The number of alkyl halides is 3. The van der Waals surface area contributed by atoms with Crippen LogP contribution in [-0.4, -0.2) is 67.9 Å². The van der Waals surface area contributed by atoms with Crippen molar-refractivity contribution in [2.24, 2.45) is 0 Å². The van der Waals surface area contributed by atoms with Crippen molar-refractivity contribution in [3.63, 3.8) is 0 Å². The highest BCUT2D eigenvalue weighted by Crippen LogP contribution is 2.20. The van der Waals surface area contributed by atoms with E-state index in [2.05, 4.69) is 30.9 Å². The van der Waals surface area contributed by atoms with Gasteiger partial charge in [0.2, 0.25) is 0 Å². The van der Waals surface area contributed by atoms with E-state index in [1.807, 2.05) is 25.1 Å². The highest BCUT2D eigenvalue weighted by atomic mass is 79.9. The van der Waals surface area contributed by atoms with Crippen LogP contribution in [0.2, 0.25) is 0 Å². The molecule has 0 aromatic heterocycles. The number of anilines is 1. The molecular weight excluding hydrogens is 415 g/mol. The van der Waals surface area contributed by atoms with E-state index < -0.39 is 12.8 Å². The number of amides is 2. The molecular formula is C17H23BrF3N3O2. The molecule has 146 valence electrons. The van der Waals surface area contributed by atoms with Crippen molar-refractivity contribution in [1.29, 1.82) is 0 Å². The van der Waals surface area contributed by atoms with Crippen molar-refractivity contribution < 1.29 is 22.7 Å². The normalized spacial score (nSPS) is 16.0. The van der Waals surface area contributed by atoms with Gasteiger partial charge in [-0.05, 0) is 37.1 Å². The minimum absolute atomic E-state index is 0.0864. The fourth-order valence-corrected chi connectivity index (χ4v) is 2.92. The van der Waals surface area contributed by atoms with Gasteiger partial charge < -0.3 is 15.0 Å². The number of rotatable bonds is 6. The lowest BCUT2D eigenvalue weighted by Crippen LogP contribution is -2.50. The molecule has 1 aromatic rings. The second-order valence-electron chi connectivity index (χ2n) is 6.24. The molecule has 0 aliphatic carbocycles. The summed E-state index contributed by atoms with van der Waals surface area (Å²) >= 11 is 3.43. The van der Waals surface area contributed by atoms with Gasteiger partial charge in [-0.25, -0.2) is 4.79 Å². The molecule has 1 heterocycles. The van der Waals surface area contributed by atoms with Crippen LogP contribution in [-0.2, 0) is 4.74 Å². The Bertz CT molecular complexity index is 605. The minimum atomic E-state index is -4.27. The Labute approximate surface area is 159 Å². The molecule has 2 amide bonds. The third-order valence-corrected chi connectivity index (χ3v) is 4.99. The van der Waals surface area contributed by atoms with Gasteiger partial charge in [-0.3, -0.25) is 4.90 Å². The van der Waals surface area contributed by atoms with Crippen LogP contribution in [0.15, 0.2) is 22.7 Å². The third kappa shape index (κ3) is 7.13. The largest absolute Gasteiger partial charge is 0.411 e. The molecule has 5 nitrogen and oxygen atoms in total. The monoisotopic (exact) mass is 437 g/mol. The zero-order valence-electron chi connectivity index (χ0n) is 14.6. The quantitative estimate of drug-likeness (QED) is 0.686. The smallest absolute Gasteiger partial charge is 0.372 e.